The van der Waals surface area contributed by atoms with Crippen LogP contribution >= 0.6 is 11.3 Å². The van der Waals surface area contributed by atoms with E-state index in [2.05, 4.69) is 20.9 Å². The Kier molecular flexibility index (Phi) is 9.77. The van der Waals surface area contributed by atoms with Crippen molar-refractivity contribution >= 4 is 35.0 Å². The summed E-state index contributed by atoms with van der Waals surface area (Å²) in [6.07, 6.45) is 2.09. The van der Waals surface area contributed by atoms with Crippen LogP contribution in [0.5, 0.6) is 0 Å². The van der Waals surface area contributed by atoms with Crippen LogP contribution in [-0.4, -0.2) is 47.3 Å². The molecule has 1 aliphatic rings. The molecule has 188 valence electrons. The zero-order valence-electron chi connectivity index (χ0n) is 20.0. The van der Waals surface area contributed by atoms with Crippen molar-refractivity contribution in [2.45, 2.75) is 64.6 Å². The lowest BCUT2D eigenvalue weighted by Crippen LogP contribution is -2.55. The standard InChI is InChI=1S/C25H32N4O5S/c1-16(2)12-20(29-25(33)34-14-17-8-4-3-5-9-17)23(31)28-19-13-21-27-18(15-35-21)10-6-7-11-26-24(32)22(19)30/h3-5,8-9,15-16,19-20H,6-7,10-14H2,1-2H3,(H,26,32)(H,28,31)(H,29,33). The molecule has 2 aromatic rings. The molecule has 0 saturated carbocycles. The molecule has 10 heteroatoms. The van der Waals surface area contributed by atoms with Crippen molar-refractivity contribution in [3.8, 4) is 0 Å². The van der Waals surface area contributed by atoms with E-state index in [4.69, 9.17) is 4.74 Å². The Bertz CT molecular complexity index is 1020. The number of hydrogen-bond donors (Lipinski definition) is 3. The molecule has 0 fully saturated rings. The Morgan fingerprint density at radius 3 is 2.71 bits per heavy atom. The summed E-state index contributed by atoms with van der Waals surface area (Å²) < 4.78 is 5.26. The Hall–Kier alpha value is -3.27. The fourth-order valence-electron chi connectivity index (χ4n) is 3.70. The molecule has 3 N–H and O–H groups in total. The monoisotopic (exact) mass is 500 g/mol. The summed E-state index contributed by atoms with van der Waals surface area (Å²) >= 11 is 1.40. The van der Waals surface area contributed by atoms with E-state index in [1.54, 1.807) is 0 Å². The third-order valence-electron chi connectivity index (χ3n) is 5.51. The lowest BCUT2D eigenvalue weighted by Gasteiger charge is -2.23. The maximum Gasteiger partial charge on any atom is 0.408 e. The summed E-state index contributed by atoms with van der Waals surface area (Å²) in [6, 6.07) is 7.19. The zero-order valence-corrected chi connectivity index (χ0v) is 20.9. The first-order valence-electron chi connectivity index (χ1n) is 11.8. The van der Waals surface area contributed by atoms with E-state index in [1.807, 2.05) is 49.6 Å². The van der Waals surface area contributed by atoms with Crippen LogP contribution in [0.25, 0.3) is 0 Å². The zero-order chi connectivity index (χ0) is 25.2. The quantitative estimate of drug-likeness (QED) is 0.502. The van der Waals surface area contributed by atoms with Crippen molar-refractivity contribution in [2.24, 2.45) is 5.92 Å². The van der Waals surface area contributed by atoms with Gasteiger partial charge in [-0.2, -0.15) is 0 Å². The Balaban J connectivity index is 1.69. The summed E-state index contributed by atoms with van der Waals surface area (Å²) in [4.78, 5) is 55.4. The van der Waals surface area contributed by atoms with E-state index >= 15 is 0 Å². The fraction of sp³-hybridized carbons (Fsp3) is 0.480. The van der Waals surface area contributed by atoms with Gasteiger partial charge in [0.1, 0.15) is 18.7 Å². The number of carbonyl (C=O) groups is 4. The highest BCUT2D eigenvalue weighted by Crippen LogP contribution is 2.16. The van der Waals surface area contributed by atoms with Crippen LogP contribution in [0.1, 0.15) is 49.4 Å². The molecule has 0 aliphatic carbocycles. The molecule has 1 aliphatic heterocycles. The van der Waals surface area contributed by atoms with Gasteiger partial charge in [0.25, 0.3) is 5.91 Å². The number of nitrogens with zero attached hydrogens (tertiary/aromatic N) is 1. The van der Waals surface area contributed by atoms with Gasteiger partial charge in [-0.15, -0.1) is 11.3 Å². The molecule has 0 spiro atoms. The number of fused-ring (bicyclic) bond motifs is 2. The minimum absolute atomic E-state index is 0.0658. The Morgan fingerprint density at radius 1 is 1.20 bits per heavy atom. The maximum absolute atomic E-state index is 13.2. The van der Waals surface area contributed by atoms with E-state index in [9.17, 15) is 19.2 Å². The molecule has 9 nitrogen and oxygen atoms in total. The van der Waals surface area contributed by atoms with Gasteiger partial charge in [-0.25, -0.2) is 9.78 Å². The number of ether oxygens (including phenoxy) is 1. The molecule has 0 radical (unpaired) electrons. The van der Waals surface area contributed by atoms with Gasteiger partial charge in [-0.05, 0) is 37.2 Å². The van der Waals surface area contributed by atoms with Gasteiger partial charge in [0, 0.05) is 18.3 Å². The molecule has 35 heavy (non-hydrogen) atoms. The minimum Gasteiger partial charge on any atom is -0.445 e. The summed E-state index contributed by atoms with van der Waals surface area (Å²) in [5.74, 6) is -1.93. The van der Waals surface area contributed by atoms with Crippen LogP contribution in [0.3, 0.4) is 0 Å². The lowest BCUT2D eigenvalue weighted by atomic mass is 10.0. The number of nitrogens with one attached hydrogen (secondary N) is 3. The average molecular weight is 501 g/mol. The van der Waals surface area contributed by atoms with Crippen molar-refractivity contribution in [3.63, 3.8) is 0 Å². The number of Topliss-reactive ketones (excluding diaryl/α,β-unsaturated/α-hetero) is 1. The summed E-state index contributed by atoms with van der Waals surface area (Å²) in [5.41, 5.74) is 1.76. The molecular weight excluding hydrogens is 468 g/mol. The predicted octanol–water partition coefficient (Wildman–Crippen LogP) is 2.53. The number of aromatic nitrogens is 1. The smallest absolute Gasteiger partial charge is 0.408 e. The maximum atomic E-state index is 13.2. The van der Waals surface area contributed by atoms with Crippen LogP contribution in [0.4, 0.5) is 4.79 Å². The number of thiazole rings is 1. The number of ketones is 1. The number of carbonyl (C=O) groups excluding carboxylic acids is 4. The number of aryl methyl sites for hydroxylation is 1. The Morgan fingerprint density at radius 2 is 1.97 bits per heavy atom. The molecule has 1 aromatic heterocycles. The van der Waals surface area contributed by atoms with Crippen molar-refractivity contribution in [1.29, 1.82) is 0 Å². The molecule has 2 heterocycles. The summed E-state index contributed by atoms with van der Waals surface area (Å²) in [7, 11) is 0. The molecule has 3 rings (SSSR count). The largest absolute Gasteiger partial charge is 0.445 e. The van der Waals surface area contributed by atoms with Crippen molar-refractivity contribution in [3.05, 3.63) is 52.0 Å². The average Bonchev–Trinajstić information content (AvgIpc) is 3.28. The van der Waals surface area contributed by atoms with Gasteiger partial charge in [0.05, 0.1) is 10.7 Å². The molecule has 3 amide bonds. The van der Waals surface area contributed by atoms with E-state index in [0.717, 1.165) is 30.5 Å². The highest BCUT2D eigenvalue weighted by atomic mass is 32.1. The van der Waals surface area contributed by atoms with E-state index < -0.39 is 35.8 Å². The Labute approximate surface area is 209 Å². The van der Waals surface area contributed by atoms with Gasteiger partial charge in [0.15, 0.2) is 0 Å². The van der Waals surface area contributed by atoms with Crippen molar-refractivity contribution < 1.29 is 23.9 Å². The van der Waals surface area contributed by atoms with Crippen LogP contribution in [-0.2, 0) is 38.6 Å². The second-order valence-corrected chi connectivity index (χ2v) is 9.91. The second kappa shape index (κ2) is 13.0. The molecule has 2 unspecified atom stereocenters. The number of hydrogen-bond acceptors (Lipinski definition) is 7. The first-order chi connectivity index (χ1) is 16.8. The molecular formula is C25H32N4O5S. The topological polar surface area (TPSA) is 126 Å². The van der Waals surface area contributed by atoms with Crippen LogP contribution in [0.15, 0.2) is 35.7 Å². The van der Waals surface area contributed by atoms with Gasteiger partial charge >= 0.3 is 6.09 Å². The van der Waals surface area contributed by atoms with E-state index in [1.165, 1.54) is 11.3 Å². The van der Waals surface area contributed by atoms with Gasteiger partial charge in [-0.1, -0.05) is 44.2 Å². The van der Waals surface area contributed by atoms with Gasteiger partial charge < -0.3 is 20.7 Å². The van der Waals surface area contributed by atoms with E-state index in [-0.39, 0.29) is 18.9 Å². The molecule has 0 saturated heterocycles. The van der Waals surface area contributed by atoms with Crippen LogP contribution < -0.4 is 16.0 Å². The number of benzene rings is 1. The normalized spacial score (nSPS) is 17.5. The highest BCUT2D eigenvalue weighted by Gasteiger charge is 2.31. The fourth-order valence-corrected chi connectivity index (χ4v) is 4.58. The van der Waals surface area contributed by atoms with Crippen LogP contribution in [0, 0.1) is 5.92 Å². The second-order valence-electron chi connectivity index (χ2n) is 8.96. The number of alkyl carbamates (subject to hydrolysis) is 1. The highest BCUT2D eigenvalue weighted by molar-refractivity contribution is 7.09. The number of amides is 3. The molecule has 1 aromatic carbocycles. The SMILES string of the molecule is CC(C)CC(NC(=O)OCc1ccccc1)C(=O)NC1Cc2nc(cs2)CCCCNC(=O)C1=O. The summed E-state index contributed by atoms with van der Waals surface area (Å²) in [5, 5.41) is 10.5. The van der Waals surface area contributed by atoms with Crippen LogP contribution in [0.2, 0.25) is 0 Å². The first kappa shape index (κ1) is 26.3. The predicted molar refractivity (Wildman–Crippen MR) is 132 cm³/mol. The third-order valence-corrected chi connectivity index (χ3v) is 6.43. The first-order valence-corrected chi connectivity index (χ1v) is 12.7. The third kappa shape index (κ3) is 8.47. The van der Waals surface area contributed by atoms with Crippen molar-refractivity contribution in [2.75, 3.05) is 6.54 Å². The van der Waals surface area contributed by atoms with E-state index in [0.29, 0.717) is 18.0 Å². The van der Waals surface area contributed by atoms with Gasteiger partial charge in [0.2, 0.25) is 11.7 Å². The lowest BCUT2D eigenvalue weighted by molar-refractivity contribution is -0.140. The summed E-state index contributed by atoms with van der Waals surface area (Å²) in [6.45, 7) is 4.29. The van der Waals surface area contributed by atoms with Gasteiger partial charge in [-0.3, -0.25) is 14.4 Å². The van der Waals surface area contributed by atoms with Crippen molar-refractivity contribution in [1.82, 2.24) is 20.9 Å². The minimum atomic E-state index is -1.09. The molecule has 2 bridgehead atoms. The molecule has 2 atom stereocenters. The number of rotatable bonds is 7.